The van der Waals surface area contributed by atoms with Crippen LogP contribution in [0.5, 0.6) is 5.75 Å². The Morgan fingerprint density at radius 3 is 2.23 bits per heavy atom. The maximum atomic E-state index is 12.4. The van der Waals surface area contributed by atoms with Crippen molar-refractivity contribution in [3.8, 4) is 5.75 Å². The Kier molecular flexibility index (Phi) is 5.92. The second kappa shape index (κ2) is 8.74. The number of esters is 1. The van der Waals surface area contributed by atoms with Gasteiger partial charge in [-0.15, -0.1) is 0 Å². The lowest BCUT2D eigenvalue weighted by molar-refractivity contribution is -0.394. The SMILES string of the molecule is Cc1cccc(N=Cc2cccc(OC(=O)c3cc([N+](=O)[O-])cc([N+](=O)[O-])c3)c2)c1. The minimum absolute atomic E-state index is 0.169. The number of nitro benzene ring substituents is 2. The summed E-state index contributed by atoms with van der Waals surface area (Å²) >= 11 is 0. The largest absolute Gasteiger partial charge is 0.423 e. The summed E-state index contributed by atoms with van der Waals surface area (Å²) in [4.78, 5) is 37.1. The van der Waals surface area contributed by atoms with Gasteiger partial charge in [0, 0.05) is 18.3 Å². The maximum absolute atomic E-state index is 12.4. The summed E-state index contributed by atoms with van der Waals surface area (Å²) in [6.07, 6.45) is 1.60. The van der Waals surface area contributed by atoms with Crippen LogP contribution in [0.3, 0.4) is 0 Å². The molecule has 0 unspecified atom stereocenters. The van der Waals surface area contributed by atoms with Gasteiger partial charge >= 0.3 is 5.97 Å². The molecule has 0 saturated carbocycles. The molecule has 0 aliphatic carbocycles. The number of nitro groups is 2. The molecule has 30 heavy (non-hydrogen) atoms. The number of benzene rings is 3. The third kappa shape index (κ3) is 5.10. The fourth-order valence-corrected chi connectivity index (χ4v) is 2.61. The number of hydrogen-bond acceptors (Lipinski definition) is 7. The third-order valence-corrected chi connectivity index (χ3v) is 3.99. The van der Waals surface area contributed by atoms with Gasteiger partial charge in [-0.2, -0.15) is 0 Å². The van der Waals surface area contributed by atoms with Crippen LogP contribution in [-0.2, 0) is 0 Å². The molecule has 0 atom stereocenters. The monoisotopic (exact) mass is 405 g/mol. The highest BCUT2D eigenvalue weighted by molar-refractivity contribution is 5.93. The second-order valence-corrected chi connectivity index (χ2v) is 6.31. The Bertz CT molecular complexity index is 1140. The van der Waals surface area contributed by atoms with Crippen LogP contribution in [0.4, 0.5) is 17.1 Å². The lowest BCUT2D eigenvalue weighted by Gasteiger charge is -2.05. The molecule has 0 bridgehead atoms. The summed E-state index contributed by atoms with van der Waals surface area (Å²) < 4.78 is 5.24. The van der Waals surface area contributed by atoms with Gasteiger partial charge in [0.15, 0.2) is 0 Å². The van der Waals surface area contributed by atoms with E-state index in [1.54, 1.807) is 24.4 Å². The van der Waals surface area contributed by atoms with Crippen LogP contribution in [-0.4, -0.2) is 22.0 Å². The number of hydrogen-bond donors (Lipinski definition) is 0. The normalized spacial score (nSPS) is 10.7. The van der Waals surface area contributed by atoms with Gasteiger partial charge in [0.2, 0.25) is 0 Å². The predicted molar refractivity (Wildman–Crippen MR) is 110 cm³/mol. The van der Waals surface area contributed by atoms with Crippen molar-refractivity contribution in [2.45, 2.75) is 6.92 Å². The van der Waals surface area contributed by atoms with Gasteiger partial charge in [-0.25, -0.2) is 4.79 Å². The Morgan fingerprint density at radius 1 is 0.933 bits per heavy atom. The van der Waals surface area contributed by atoms with Crippen LogP contribution in [0.15, 0.2) is 71.7 Å². The minimum Gasteiger partial charge on any atom is -0.423 e. The lowest BCUT2D eigenvalue weighted by Crippen LogP contribution is -2.10. The molecule has 0 aliphatic heterocycles. The van der Waals surface area contributed by atoms with Crippen LogP contribution >= 0.6 is 0 Å². The second-order valence-electron chi connectivity index (χ2n) is 6.31. The summed E-state index contributed by atoms with van der Waals surface area (Å²) in [6.45, 7) is 1.96. The van der Waals surface area contributed by atoms with Gasteiger partial charge in [-0.05, 0) is 42.3 Å². The van der Waals surface area contributed by atoms with Crippen molar-refractivity contribution in [3.63, 3.8) is 0 Å². The average molecular weight is 405 g/mol. The highest BCUT2D eigenvalue weighted by Gasteiger charge is 2.21. The van der Waals surface area contributed by atoms with E-state index in [9.17, 15) is 25.0 Å². The number of ether oxygens (including phenoxy) is 1. The number of carbonyl (C=O) groups excluding carboxylic acids is 1. The Morgan fingerprint density at radius 2 is 1.60 bits per heavy atom. The lowest BCUT2D eigenvalue weighted by atomic mass is 10.1. The van der Waals surface area contributed by atoms with Gasteiger partial charge in [0.25, 0.3) is 11.4 Å². The van der Waals surface area contributed by atoms with E-state index in [0.717, 1.165) is 29.4 Å². The number of carbonyl (C=O) groups is 1. The number of aliphatic imine (C=N–C) groups is 1. The van der Waals surface area contributed by atoms with Gasteiger partial charge in [-0.1, -0.05) is 24.3 Å². The number of rotatable bonds is 6. The van der Waals surface area contributed by atoms with Crippen LogP contribution in [0.25, 0.3) is 0 Å². The zero-order chi connectivity index (χ0) is 21.7. The Labute approximate surface area is 170 Å². The van der Waals surface area contributed by atoms with Crippen molar-refractivity contribution in [2.75, 3.05) is 0 Å². The summed E-state index contributed by atoms with van der Waals surface area (Å²) in [6, 6.07) is 16.7. The molecule has 9 heteroatoms. The number of non-ortho nitro benzene ring substituents is 2. The molecule has 0 N–H and O–H groups in total. The van der Waals surface area contributed by atoms with Crippen molar-refractivity contribution in [2.24, 2.45) is 4.99 Å². The first-order valence-corrected chi connectivity index (χ1v) is 8.69. The van der Waals surface area contributed by atoms with Gasteiger partial charge in [0.1, 0.15) is 5.75 Å². The topological polar surface area (TPSA) is 125 Å². The molecule has 0 amide bonds. The molecule has 0 heterocycles. The first kappa shape index (κ1) is 20.3. The molecule has 3 aromatic carbocycles. The van der Waals surface area contributed by atoms with Crippen molar-refractivity contribution < 1.29 is 19.4 Å². The third-order valence-electron chi connectivity index (χ3n) is 3.99. The van der Waals surface area contributed by atoms with Crippen molar-refractivity contribution in [3.05, 3.63) is 104 Å². The van der Waals surface area contributed by atoms with Crippen molar-refractivity contribution in [1.29, 1.82) is 0 Å². The molecule has 0 aromatic heterocycles. The first-order chi connectivity index (χ1) is 14.3. The van der Waals surface area contributed by atoms with Crippen LogP contribution in [0, 0.1) is 27.2 Å². The molecular formula is C21H15N3O6. The summed E-state index contributed by atoms with van der Waals surface area (Å²) in [7, 11) is 0. The van der Waals surface area contributed by atoms with E-state index in [0.29, 0.717) is 5.56 Å². The van der Waals surface area contributed by atoms with E-state index in [1.165, 1.54) is 6.07 Å². The van der Waals surface area contributed by atoms with E-state index >= 15 is 0 Å². The molecule has 150 valence electrons. The molecule has 0 fully saturated rings. The fraction of sp³-hybridized carbons (Fsp3) is 0.0476. The van der Waals surface area contributed by atoms with Gasteiger partial charge in [0.05, 0.1) is 27.2 Å². The number of nitrogens with zero attached hydrogens (tertiary/aromatic N) is 3. The number of aryl methyl sites for hydroxylation is 1. The average Bonchev–Trinajstić information content (AvgIpc) is 2.72. The van der Waals surface area contributed by atoms with Crippen LogP contribution < -0.4 is 4.74 Å². The van der Waals surface area contributed by atoms with E-state index in [2.05, 4.69) is 4.99 Å². The zero-order valence-electron chi connectivity index (χ0n) is 15.7. The fourth-order valence-electron chi connectivity index (χ4n) is 2.61. The van der Waals surface area contributed by atoms with E-state index < -0.39 is 27.2 Å². The minimum atomic E-state index is -0.949. The molecule has 3 aromatic rings. The Hall–Kier alpha value is -4.40. The smallest absolute Gasteiger partial charge is 0.344 e. The van der Waals surface area contributed by atoms with Crippen LogP contribution in [0.1, 0.15) is 21.5 Å². The molecule has 0 saturated heterocycles. The Balaban J connectivity index is 1.81. The molecule has 3 rings (SSSR count). The molecule has 0 aliphatic rings. The van der Waals surface area contributed by atoms with Gasteiger partial charge in [-0.3, -0.25) is 25.2 Å². The van der Waals surface area contributed by atoms with E-state index in [-0.39, 0.29) is 11.3 Å². The quantitative estimate of drug-likeness (QED) is 0.191. The molecule has 9 nitrogen and oxygen atoms in total. The molecule has 0 radical (unpaired) electrons. The summed E-state index contributed by atoms with van der Waals surface area (Å²) in [5.74, 6) is -0.781. The molecule has 0 spiro atoms. The molecular weight excluding hydrogens is 390 g/mol. The zero-order valence-corrected chi connectivity index (χ0v) is 15.7. The standard InChI is InChI=1S/C21H15N3O6/c1-14-4-2-6-17(8-14)22-13-15-5-3-7-20(9-15)30-21(25)16-10-18(23(26)27)12-19(11-16)24(28)29/h2-13H,1H3. The summed E-state index contributed by atoms with van der Waals surface area (Å²) in [5.41, 5.74) is 1.05. The maximum Gasteiger partial charge on any atom is 0.344 e. The first-order valence-electron chi connectivity index (χ1n) is 8.69. The predicted octanol–water partition coefficient (Wildman–Crippen LogP) is 4.78. The van der Waals surface area contributed by atoms with Crippen molar-refractivity contribution in [1.82, 2.24) is 0 Å². The van der Waals surface area contributed by atoms with Gasteiger partial charge < -0.3 is 4.74 Å². The van der Waals surface area contributed by atoms with E-state index in [1.807, 2.05) is 31.2 Å². The summed E-state index contributed by atoms with van der Waals surface area (Å²) in [5, 5.41) is 22.0. The van der Waals surface area contributed by atoms with Crippen LogP contribution in [0.2, 0.25) is 0 Å². The van der Waals surface area contributed by atoms with E-state index in [4.69, 9.17) is 4.74 Å². The highest BCUT2D eigenvalue weighted by atomic mass is 16.6. The highest BCUT2D eigenvalue weighted by Crippen LogP contribution is 2.24. The van der Waals surface area contributed by atoms with Crippen molar-refractivity contribution >= 4 is 29.2 Å².